The van der Waals surface area contributed by atoms with Crippen LogP contribution >= 0.6 is 0 Å². The molecule has 2 N–H and O–H groups in total. The fourth-order valence-corrected chi connectivity index (χ4v) is 1.97. The third kappa shape index (κ3) is 4.49. The highest BCUT2D eigenvalue weighted by Crippen LogP contribution is 2.04. The van der Waals surface area contributed by atoms with Crippen molar-refractivity contribution < 1.29 is 4.79 Å². The number of hydrogen-bond donors (Lipinski definition) is 2. The lowest BCUT2D eigenvalue weighted by Crippen LogP contribution is -2.29. The fraction of sp³-hybridized carbons (Fsp3) is 0.250. The second kappa shape index (κ2) is 7.28. The minimum Gasteiger partial charge on any atom is -0.334 e. The van der Waals surface area contributed by atoms with Gasteiger partial charge in [0.25, 0.3) is 5.56 Å². The first kappa shape index (κ1) is 14.8. The van der Waals surface area contributed by atoms with Crippen LogP contribution in [0.25, 0.3) is 0 Å². The molecule has 0 saturated carbocycles. The lowest BCUT2D eigenvalue weighted by atomic mass is 10.2. The Kier molecular flexibility index (Phi) is 5.15. The molecular weight excluding hydrogens is 266 g/mol. The van der Waals surface area contributed by atoms with Crippen LogP contribution in [-0.2, 0) is 13.1 Å². The Bertz CT molecular complexity index is 650. The largest absolute Gasteiger partial charge is 0.334 e. The van der Waals surface area contributed by atoms with E-state index in [2.05, 4.69) is 10.6 Å². The van der Waals surface area contributed by atoms with Gasteiger partial charge in [-0.2, -0.15) is 0 Å². The minimum atomic E-state index is -0.291. The zero-order valence-corrected chi connectivity index (χ0v) is 12.0. The maximum atomic E-state index is 11.8. The molecule has 110 valence electrons. The highest BCUT2D eigenvalue weighted by atomic mass is 16.2. The predicted molar refractivity (Wildman–Crippen MR) is 83.3 cm³/mol. The summed E-state index contributed by atoms with van der Waals surface area (Å²) in [5.41, 5.74) is 1.57. The summed E-state index contributed by atoms with van der Waals surface area (Å²) >= 11 is 0. The van der Waals surface area contributed by atoms with Gasteiger partial charge in [0.05, 0.1) is 5.69 Å². The maximum absolute atomic E-state index is 11.8. The summed E-state index contributed by atoms with van der Waals surface area (Å²) in [5, 5.41) is 5.50. The van der Waals surface area contributed by atoms with Gasteiger partial charge >= 0.3 is 6.03 Å². The molecule has 0 saturated heterocycles. The van der Waals surface area contributed by atoms with Crippen molar-refractivity contribution in [2.24, 2.45) is 0 Å². The highest BCUT2D eigenvalue weighted by Gasteiger charge is 2.03. The Balaban J connectivity index is 1.93. The summed E-state index contributed by atoms with van der Waals surface area (Å²) in [5.74, 6) is 0. The molecule has 21 heavy (non-hydrogen) atoms. The van der Waals surface area contributed by atoms with E-state index in [0.29, 0.717) is 18.8 Å². The van der Waals surface area contributed by atoms with Crippen molar-refractivity contribution in [3.8, 4) is 0 Å². The van der Waals surface area contributed by atoms with Gasteiger partial charge < -0.3 is 15.2 Å². The molecule has 0 bridgehead atoms. The number of anilines is 1. The van der Waals surface area contributed by atoms with Crippen molar-refractivity contribution in [3.63, 3.8) is 0 Å². The van der Waals surface area contributed by atoms with Gasteiger partial charge in [-0.25, -0.2) is 4.79 Å². The number of carbonyl (C=O) groups is 1. The quantitative estimate of drug-likeness (QED) is 0.887. The molecule has 2 aromatic rings. The topological polar surface area (TPSA) is 63.1 Å². The van der Waals surface area contributed by atoms with E-state index in [-0.39, 0.29) is 11.6 Å². The predicted octanol–water partition coefficient (Wildman–Crippen LogP) is 2.58. The first-order valence-electron chi connectivity index (χ1n) is 6.98. The van der Waals surface area contributed by atoms with Crippen LogP contribution in [-0.4, -0.2) is 10.6 Å². The molecule has 1 heterocycles. The van der Waals surface area contributed by atoms with Crippen LogP contribution < -0.4 is 16.2 Å². The molecule has 0 aliphatic heterocycles. The number of amides is 2. The van der Waals surface area contributed by atoms with E-state index in [4.69, 9.17) is 0 Å². The van der Waals surface area contributed by atoms with Gasteiger partial charge in [-0.3, -0.25) is 4.79 Å². The van der Waals surface area contributed by atoms with Crippen LogP contribution in [0.15, 0.2) is 53.5 Å². The number of pyridine rings is 1. The van der Waals surface area contributed by atoms with E-state index in [0.717, 1.165) is 12.0 Å². The normalized spacial score (nSPS) is 10.1. The molecule has 0 aliphatic rings. The molecule has 0 radical (unpaired) electrons. The van der Waals surface area contributed by atoms with E-state index in [1.165, 1.54) is 6.07 Å². The molecule has 0 atom stereocenters. The molecular formula is C16H19N3O2. The number of urea groups is 1. The Morgan fingerprint density at radius 3 is 2.62 bits per heavy atom. The fourth-order valence-electron chi connectivity index (χ4n) is 1.97. The molecule has 2 rings (SSSR count). The zero-order chi connectivity index (χ0) is 15.1. The van der Waals surface area contributed by atoms with Gasteiger partial charge in [0.2, 0.25) is 0 Å². The number of nitrogens with one attached hydrogen (secondary N) is 2. The molecule has 0 aliphatic carbocycles. The van der Waals surface area contributed by atoms with Crippen molar-refractivity contribution in [1.29, 1.82) is 0 Å². The highest BCUT2D eigenvalue weighted by molar-refractivity contribution is 5.88. The van der Waals surface area contributed by atoms with Crippen LogP contribution in [0.1, 0.15) is 18.9 Å². The third-order valence-electron chi connectivity index (χ3n) is 3.00. The van der Waals surface area contributed by atoms with Crippen LogP contribution in [0.4, 0.5) is 10.5 Å². The molecule has 5 nitrogen and oxygen atoms in total. The third-order valence-corrected chi connectivity index (χ3v) is 3.00. The average molecular weight is 285 g/mol. The van der Waals surface area contributed by atoms with Gasteiger partial charge in [0, 0.05) is 25.4 Å². The molecule has 0 spiro atoms. The lowest BCUT2D eigenvalue weighted by Gasteiger charge is -2.10. The first-order valence-corrected chi connectivity index (χ1v) is 6.98. The van der Waals surface area contributed by atoms with Gasteiger partial charge in [0.1, 0.15) is 0 Å². The lowest BCUT2D eigenvalue weighted by molar-refractivity contribution is 0.251. The number of aryl methyl sites for hydroxylation is 1. The summed E-state index contributed by atoms with van der Waals surface area (Å²) in [6.07, 6.45) is 2.53. The summed E-state index contributed by atoms with van der Waals surface area (Å²) in [4.78, 5) is 23.4. The minimum absolute atomic E-state index is 0.0629. The van der Waals surface area contributed by atoms with Gasteiger partial charge in [-0.05, 0) is 18.1 Å². The Labute approximate surface area is 123 Å². The standard InChI is InChI=1S/C16H19N3O2/c1-2-10-19-12-14(8-9-15(19)20)18-16(21)17-11-13-6-4-3-5-7-13/h3-9,12H,2,10-11H2,1H3,(H2,17,18,21). The van der Waals surface area contributed by atoms with Crippen molar-refractivity contribution in [3.05, 3.63) is 64.6 Å². The second-order valence-electron chi connectivity index (χ2n) is 4.74. The Hall–Kier alpha value is -2.56. The SMILES string of the molecule is CCCn1cc(NC(=O)NCc2ccccc2)ccc1=O. The van der Waals surface area contributed by atoms with E-state index in [1.54, 1.807) is 16.8 Å². The van der Waals surface area contributed by atoms with Gasteiger partial charge in [-0.15, -0.1) is 0 Å². The monoisotopic (exact) mass is 285 g/mol. The molecule has 1 aromatic heterocycles. The maximum Gasteiger partial charge on any atom is 0.319 e. The van der Waals surface area contributed by atoms with E-state index >= 15 is 0 Å². The van der Waals surface area contributed by atoms with E-state index in [9.17, 15) is 9.59 Å². The van der Waals surface area contributed by atoms with Crippen molar-refractivity contribution in [2.45, 2.75) is 26.4 Å². The number of rotatable bonds is 5. The van der Waals surface area contributed by atoms with Crippen molar-refractivity contribution in [2.75, 3.05) is 5.32 Å². The average Bonchev–Trinajstić information content (AvgIpc) is 2.50. The smallest absolute Gasteiger partial charge is 0.319 e. The molecule has 5 heteroatoms. The summed E-state index contributed by atoms with van der Waals surface area (Å²) in [6.45, 7) is 3.10. The number of aromatic nitrogens is 1. The first-order chi connectivity index (χ1) is 10.2. The molecule has 2 amide bonds. The number of nitrogens with zero attached hydrogens (tertiary/aromatic N) is 1. The van der Waals surface area contributed by atoms with E-state index in [1.807, 2.05) is 37.3 Å². The molecule has 0 fully saturated rings. The molecule has 0 unspecified atom stereocenters. The molecule has 1 aromatic carbocycles. The van der Waals surface area contributed by atoms with Crippen molar-refractivity contribution in [1.82, 2.24) is 9.88 Å². The Morgan fingerprint density at radius 2 is 1.90 bits per heavy atom. The van der Waals surface area contributed by atoms with Gasteiger partial charge in [-0.1, -0.05) is 37.3 Å². The second-order valence-corrected chi connectivity index (χ2v) is 4.74. The zero-order valence-electron chi connectivity index (χ0n) is 12.0. The summed E-state index contributed by atoms with van der Waals surface area (Å²) < 4.78 is 1.59. The van der Waals surface area contributed by atoms with Crippen LogP contribution in [0, 0.1) is 0 Å². The van der Waals surface area contributed by atoms with Crippen LogP contribution in [0.3, 0.4) is 0 Å². The number of hydrogen-bond acceptors (Lipinski definition) is 2. The van der Waals surface area contributed by atoms with Crippen LogP contribution in [0.5, 0.6) is 0 Å². The van der Waals surface area contributed by atoms with Crippen LogP contribution in [0.2, 0.25) is 0 Å². The Morgan fingerprint density at radius 1 is 1.14 bits per heavy atom. The number of carbonyl (C=O) groups excluding carboxylic acids is 1. The summed E-state index contributed by atoms with van der Waals surface area (Å²) in [7, 11) is 0. The van der Waals surface area contributed by atoms with Crippen molar-refractivity contribution >= 4 is 11.7 Å². The van der Waals surface area contributed by atoms with Gasteiger partial charge in [0.15, 0.2) is 0 Å². The summed E-state index contributed by atoms with van der Waals surface area (Å²) in [6, 6.07) is 12.5. The number of benzene rings is 1. The van der Waals surface area contributed by atoms with E-state index < -0.39 is 0 Å².